The van der Waals surface area contributed by atoms with Crippen LogP contribution < -0.4 is 4.74 Å². The topological polar surface area (TPSA) is 42.7 Å². The molecule has 0 radical (unpaired) electrons. The highest BCUT2D eigenvalue weighted by Crippen LogP contribution is 2.39. The van der Waals surface area contributed by atoms with E-state index in [1.807, 2.05) is 31.1 Å². The van der Waals surface area contributed by atoms with E-state index in [1.165, 1.54) is 17.2 Å². The lowest BCUT2D eigenvalue weighted by atomic mass is 9.91. The highest BCUT2D eigenvalue weighted by Gasteiger charge is 2.25. The van der Waals surface area contributed by atoms with Crippen LogP contribution in [0.1, 0.15) is 39.7 Å². The number of piperidine rings is 1. The molecule has 180 valence electrons. The molecule has 0 N–H and O–H groups in total. The van der Waals surface area contributed by atoms with Gasteiger partial charge in [-0.3, -0.25) is 4.79 Å². The minimum Gasteiger partial charge on any atom is -0.493 e. The van der Waals surface area contributed by atoms with E-state index in [0.29, 0.717) is 18.4 Å². The normalized spacial score (nSPS) is 18.9. The van der Waals surface area contributed by atoms with Gasteiger partial charge in [0.25, 0.3) is 0 Å². The highest BCUT2D eigenvalue weighted by molar-refractivity contribution is 6.06. The number of carbonyl (C=O) groups is 1. The van der Waals surface area contributed by atoms with E-state index in [-0.39, 0.29) is 5.91 Å². The fourth-order valence-corrected chi connectivity index (χ4v) is 5.50. The first-order valence-corrected chi connectivity index (χ1v) is 12.6. The van der Waals surface area contributed by atoms with Gasteiger partial charge in [-0.05, 0) is 60.1 Å². The molecule has 4 nitrogen and oxygen atoms in total. The highest BCUT2D eigenvalue weighted by atomic mass is 16.5. The molecule has 1 aliphatic rings. The van der Waals surface area contributed by atoms with Gasteiger partial charge in [-0.15, -0.1) is 0 Å². The van der Waals surface area contributed by atoms with Gasteiger partial charge in [-0.1, -0.05) is 56.3 Å². The Labute approximate surface area is 207 Å². The van der Waals surface area contributed by atoms with Gasteiger partial charge in [-0.2, -0.15) is 0 Å². The molecule has 5 rings (SSSR count). The second-order valence-electron chi connectivity index (χ2n) is 9.97. The molecule has 2 atom stereocenters. The van der Waals surface area contributed by atoms with Gasteiger partial charge in [0.05, 0.1) is 12.9 Å². The predicted octanol–water partition coefficient (Wildman–Crippen LogP) is 7.56. The molecule has 4 aromatic rings. The summed E-state index contributed by atoms with van der Waals surface area (Å²) >= 11 is 0. The lowest BCUT2D eigenvalue weighted by Gasteiger charge is -2.34. The van der Waals surface area contributed by atoms with Gasteiger partial charge >= 0.3 is 0 Å². The minimum atomic E-state index is 0.0740. The Hall–Kier alpha value is -3.53. The number of benzene rings is 3. The molecular weight excluding hydrogens is 434 g/mol. The van der Waals surface area contributed by atoms with Crippen molar-refractivity contribution in [2.75, 3.05) is 19.7 Å². The van der Waals surface area contributed by atoms with Crippen LogP contribution in [0.5, 0.6) is 5.75 Å². The monoisotopic (exact) mass is 467 g/mol. The number of likely N-dealkylation sites (tertiary alicyclic amines) is 1. The fourth-order valence-electron chi connectivity index (χ4n) is 5.50. The number of carbonyl (C=O) groups excluding carboxylic acids is 1. The summed E-state index contributed by atoms with van der Waals surface area (Å²) in [4.78, 5) is 15.2. The summed E-state index contributed by atoms with van der Waals surface area (Å²) in [5, 5.41) is 3.39. The van der Waals surface area contributed by atoms with Crippen molar-refractivity contribution in [2.24, 2.45) is 11.8 Å². The van der Waals surface area contributed by atoms with E-state index in [2.05, 4.69) is 62.4 Å². The third kappa shape index (κ3) is 4.58. The molecule has 1 saturated heterocycles. The van der Waals surface area contributed by atoms with Gasteiger partial charge in [0.1, 0.15) is 11.3 Å². The van der Waals surface area contributed by atoms with E-state index < -0.39 is 0 Å². The predicted molar refractivity (Wildman–Crippen MR) is 144 cm³/mol. The number of amides is 1. The third-order valence-electron chi connectivity index (χ3n) is 7.00. The Morgan fingerprint density at radius 2 is 1.77 bits per heavy atom. The summed E-state index contributed by atoms with van der Waals surface area (Å²) in [7, 11) is 0. The van der Waals surface area contributed by atoms with Crippen LogP contribution in [-0.2, 0) is 4.79 Å². The molecule has 3 aromatic carbocycles. The minimum absolute atomic E-state index is 0.0740. The number of ether oxygens (including phenoxy) is 1. The molecule has 4 heteroatoms. The number of furan rings is 1. The first-order chi connectivity index (χ1) is 16.9. The first kappa shape index (κ1) is 23.2. The second kappa shape index (κ2) is 9.61. The Bertz CT molecular complexity index is 1400. The Balaban J connectivity index is 1.59. The number of hydrogen-bond acceptors (Lipinski definition) is 3. The average molecular weight is 468 g/mol. The zero-order valence-electron chi connectivity index (χ0n) is 21.0. The van der Waals surface area contributed by atoms with Crippen LogP contribution in [0.2, 0.25) is 0 Å². The quantitative estimate of drug-likeness (QED) is 0.284. The molecule has 0 bridgehead atoms. The van der Waals surface area contributed by atoms with Crippen molar-refractivity contribution in [3.8, 4) is 16.9 Å². The summed E-state index contributed by atoms with van der Waals surface area (Å²) in [6.45, 7) is 10.6. The van der Waals surface area contributed by atoms with E-state index in [1.54, 1.807) is 6.08 Å². The molecule has 0 spiro atoms. The lowest BCUT2D eigenvalue weighted by Crippen LogP contribution is -2.41. The van der Waals surface area contributed by atoms with Gasteiger partial charge in [-0.25, -0.2) is 0 Å². The van der Waals surface area contributed by atoms with Crippen molar-refractivity contribution in [3.63, 3.8) is 0 Å². The Morgan fingerprint density at radius 1 is 1.03 bits per heavy atom. The van der Waals surface area contributed by atoms with Gasteiger partial charge < -0.3 is 14.1 Å². The average Bonchev–Trinajstić information content (AvgIpc) is 3.25. The molecule has 1 aliphatic heterocycles. The van der Waals surface area contributed by atoms with Crippen molar-refractivity contribution in [1.82, 2.24) is 4.90 Å². The Kier molecular flexibility index (Phi) is 6.38. The maximum Gasteiger partial charge on any atom is 0.246 e. The third-order valence-corrected chi connectivity index (χ3v) is 7.00. The van der Waals surface area contributed by atoms with E-state index in [4.69, 9.17) is 9.15 Å². The van der Waals surface area contributed by atoms with Crippen LogP contribution >= 0.6 is 0 Å². The van der Waals surface area contributed by atoms with Crippen molar-refractivity contribution in [2.45, 2.75) is 34.1 Å². The molecule has 1 aromatic heterocycles. The number of nitrogens with zero attached hydrogens (tertiary/aromatic N) is 1. The number of allylic oxidation sites excluding steroid dienone is 1. The standard InChI is InChI=1S/C31H33NO3/c1-5-34-29-16-30-27(28(19-35-30)25-12-8-10-23-9-6-7-11-24(23)25)15-26(29)22(4)14-31(33)32-17-20(2)13-21(3)18-32/h6-12,14-16,19-21H,5,13,17-18H2,1-4H3/b22-14+. The summed E-state index contributed by atoms with van der Waals surface area (Å²) in [6.07, 6.45) is 4.77. The zero-order chi connectivity index (χ0) is 24.5. The van der Waals surface area contributed by atoms with Crippen LogP contribution in [0, 0.1) is 11.8 Å². The molecule has 1 amide bonds. The van der Waals surface area contributed by atoms with Crippen LogP contribution in [0.25, 0.3) is 38.4 Å². The van der Waals surface area contributed by atoms with Crippen LogP contribution in [0.15, 0.2) is 71.4 Å². The van der Waals surface area contributed by atoms with E-state index in [9.17, 15) is 4.79 Å². The zero-order valence-corrected chi connectivity index (χ0v) is 21.0. The Morgan fingerprint density at radius 3 is 2.54 bits per heavy atom. The van der Waals surface area contributed by atoms with Gasteiger partial charge in [0.2, 0.25) is 5.91 Å². The van der Waals surface area contributed by atoms with E-state index >= 15 is 0 Å². The number of rotatable bonds is 5. The molecule has 0 saturated carbocycles. The van der Waals surface area contributed by atoms with Crippen molar-refractivity contribution in [1.29, 1.82) is 0 Å². The largest absolute Gasteiger partial charge is 0.493 e. The van der Waals surface area contributed by atoms with Gasteiger partial charge in [0, 0.05) is 41.7 Å². The summed E-state index contributed by atoms with van der Waals surface area (Å²) in [5.41, 5.74) is 4.77. The van der Waals surface area contributed by atoms with Crippen LogP contribution in [-0.4, -0.2) is 30.5 Å². The molecular formula is C31H33NO3. The molecule has 1 fully saturated rings. The second-order valence-corrected chi connectivity index (χ2v) is 9.97. The molecule has 2 heterocycles. The summed E-state index contributed by atoms with van der Waals surface area (Å²) in [5.74, 6) is 1.87. The molecule has 35 heavy (non-hydrogen) atoms. The van der Waals surface area contributed by atoms with Crippen molar-refractivity contribution >= 4 is 33.2 Å². The smallest absolute Gasteiger partial charge is 0.246 e. The maximum absolute atomic E-state index is 13.2. The van der Waals surface area contributed by atoms with Crippen LogP contribution in [0.4, 0.5) is 0 Å². The van der Waals surface area contributed by atoms with Crippen LogP contribution in [0.3, 0.4) is 0 Å². The number of fused-ring (bicyclic) bond motifs is 2. The fraction of sp³-hybridized carbons (Fsp3) is 0.323. The van der Waals surface area contributed by atoms with Gasteiger partial charge in [0.15, 0.2) is 0 Å². The lowest BCUT2D eigenvalue weighted by molar-refractivity contribution is -0.128. The van der Waals surface area contributed by atoms with Crippen molar-refractivity contribution in [3.05, 3.63) is 72.5 Å². The molecule has 0 aliphatic carbocycles. The summed E-state index contributed by atoms with van der Waals surface area (Å²) < 4.78 is 12.0. The van der Waals surface area contributed by atoms with E-state index in [0.717, 1.165) is 52.1 Å². The maximum atomic E-state index is 13.2. The number of hydrogen-bond donors (Lipinski definition) is 0. The molecule has 2 unspecified atom stereocenters. The van der Waals surface area contributed by atoms with Crippen molar-refractivity contribution < 1.29 is 13.9 Å². The first-order valence-electron chi connectivity index (χ1n) is 12.6. The summed E-state index contributed by atoms with van der Waals surface area (Å²) in [6, 6.07) is 18.8. The SMILES string of the molecule is CCOc1cc2occ(-c3cccc4ccccc34)c2cc1/C(C)=C/C(=O)N1CC(C)CC(C)C1.